The molecule has 7 heteroatoms. The van der Waals surface area contributed by atoms with Crippen molar-refractivity contribution in [2.75, 3.05) is 26.2 Å². The lowest BCUT2D eigenvalue weighted by atomic mass is 9.98. The van der Waals surface area contributed by atoms with Crippen molar-refractivity contribution in [1.29, 1.82) is 0 Å². The number of nitrogens with zero attached hydrogens (tertiary/aromatic N) is 3. The van der Waals surface area contributed by atoms with Gasteiger partial charge in [-0.1, -0.05) is 0 Å². The van der Waals surface area contributed by atoms with Crippen LogP contribution in [-0.4, -0.2) is 52.6 Å². The summed E-state index contributed by atoms with van der Waals surface area (Å²) in [5.41, 5.74) is 1.71. The van der Waals surface area contributed by atoms with Crippen LogP contribution >= 0.6 is 0 Å². The molecule has 152 valence electrons. The van der Waals surface area contributed by atoms with Crippen LogP contribution in [0, 0.1) is 11.7 Å². The minimum absolute atomic E-state index is 0.00968. The number of hydrogen-bond acceptors (Lipinski definition) is 4. The van der Waals surface area contributed by atoms with Gasteiger partial charge in [0.2, 0.25) is 5.91 Å². The number of nitrogens with one attached hydrogen (secondary N) is 2. The van der Waals surface area contributed by atoms with Crippen LogP contribution in [0.4, 0.5) is 4.39 Å². The lowest BCUT2D eigenvalue weighted by Crippen LogP contribution is -2.45. The van der Waals surface area contributed by atoms with Crippen molar-refractivity contribution >= 4 is 16.9 Å². The van der Waals surface area contributed by atoms with Gasteiger partial charge in [0.05, 0.1) is 23.6 Å². The molecule has 2 fully saturated rings. The third-order valence-corrected chi connectivity index (χ3v) is 6.02. The molecule has 0 radical (unpaired) electrons. The van der Waals surface area contributed by atoms with E-state index in [0.29, 0.717) is 5.92 Å². The van der Waals surface area contributed by atoms with Crippen molar-refractivity contribution in [3.63, 3.8) is 0 Å². The molecule has 0 aliphatic carbocycles. The van der Waals surface area contributed by atoms with Gasteiger partial charge >= 0.3 is 0 Å². The van der Waals surface area contributed by atoms with Gasteiger partial charge in [-0.15, -0.1) is 0 Å². The Morgan fingerprint density at radius 1 is 1.36 bits per heavy atom. The molecule has 2 saturated heterocycles. The van der Waals surface area contributed by atoms with Gasteiger partial charge in [-0.05, 0) is 63.7 Å². The summed E-state index contributed by atoms with van der Waals surface area (Å²) in [6.07, 6.45) is 4.29. The maximum absolute atomic E-state index is 13.6. The zero-order valence-corrected chi connectivity index (χ0v) is 16.6. The van der Waals surface area contributed by atoms with Gasteiger partial charge < -0.3 is 15.2 Å². The maximum Gasteiger partial charge on any atom is 0.237 e. The third kappa shape index (κ3) is 4.20. The number of carbonyl (C=O) groups is 1. The van der Waals surface area contributed by atoms with E-state index in [1.807, 2.05) is 6.07 Å². The number of hydrogen-bond donors (Lipinski definition) is 2. The summed E-state index contributed by atoms with van der Waals surface area (Å²) in [6.45, 7) is 7.35. The monoisotopic (exact) mass is 387 g/mol. The minimum Gasteiger partial charge on any atom is -0.354 e. The first-order chi connectivity index (χ1) is 13.6. The number of aromatic nitrogens is 2. The van der Waals surface area contributed by atoms with E-state index in [4.69, 9.17) is 4.98 Å². The van der Waals surface area contributed by atoms with Gasteiger partial charge in [-0.2, -0.15) is 0 Å². The topological polar surface area (TPSA) is 62.2 Å². The first kappa shape index (κ1) is 19.3. The summed E-state index contributed by atoms with van der Waals surface area (Å²) in [5, 5.41) is 6.39. The largest absolute Gasteiger partial charge is 0.354 e. The molecule has 6 nitrogen and oxygen atoms in total. The van der Waals surface area contributed by atoms with E-state index in [1.54, 1.807) is 0 Å². The lowest BCUT2D eigenvalue weighted by molar-refractivity contribution is -0.123. The predicted molar refractivity (Wildman–Crippen MR) is 107 cm³/mol. The zero-order valence-electron chi connectivity index (χ0n) is 16.6. The molecule has 1 aromatic heterocycles. The standard InChI is InChI=1S/C21H30FN5O/c1-2-27-19-8-7-16(22)11-18(19)25-20(27)14-26-10-4-5-15(13-26)12-24-21(28)17-6-3-9-23-17/h7-8,11,15,17,23H,2-6,9-10,12-14H2,1H3,(H,24,28). The number of halogens is 1. The SMILES string of the molecule is CCn1c(CN2CCCC(CNC(=O)C3CCCN3)C2)nc2cc(F)ccc21. The van der Waals surface area contributed by atoms with Gasteiger partial charge in [0.25, 0.3) is 0 Å². The summed E-state index contributed by atoms with van der Waals surface area (Å²) in [7, 11) is 0. The van der Waals surface area contributed by atoms with Gasteiger partial charge in [-0.25, -0.2) is 9.37 Å². The van der Waals surface area contributed by atoms with Crippen LogP contribution in [0.5, 0.6) is 0 Å². The number of aryl methyl sites for hydroxylation is 1. The first-order valence-electron chi connectivity index (χ1n) is 10.5. The van der Waals surface area contributed by atoms with E-state index in [9.17, 15) is 9.18 Å². The van der Waals surface area contributed by atoms with E-state index in [-0.39, 0.29) is 17.8 Å². The number of benzene rings is 1. The van der Waals surface area contributed by atoms with Crippen molar-refractivity contribution in [2.45, 2.75) is 51.7 Å². The van der Waals surface area contributed by atoms with E-state index in [2.05, 4.69) is 27.0 Å². The Labute approximate surface area is 165 Å². The Morgan fingerprint density at radius 3 is 3.04 bits per heavy atom. The van der Waals surface area contributed by atoms with E-state index < -0.39 is 0 Å². The second kappa shape index (κ2) is 8.57. The van der Waals surface area contributed by atoms with Gasteiger partial charge in [0.15, 0.2) is 0 Å². The highest BCUT2D eigenvalue weighted by atomic mass is 19.1. The normalized spacial score (nSPS) is 23.4. The lowest BCUT2D eigenvalue weighted by Gasteiger charge is -2.32. The van der Waals surface area contributed by atoms with Crippen molar-refractivity contribution in [2.24, 2.45) is 5.92 Å². The summed E-state index contributed by atoms with van der Waals surface area (Å²) in [4.78, 5) is 19.3. The van der Waals surface area contributed by atoms with Crippen LogP contribution in [0.25, 0.3) is 11.0 Å². The maximum atomic E-state index is 13.6. The number of likely N-dealkylation sites (tertiary alicyclic amines) is 1. The van der Waals surface area contributed by atoms with E-state index >= 15 is 0 Å². The van der Waals surface area contributed by atoms with Crippen molar-refractivity contribution in [1.82, 2.24) is 25.1 Å². The predicted octanol–water partition coefficient (Wildman–Crippen LogP) is 2.28. The highest BCUT2D eigenvalue weighted by Crippen LogP contribution is 2.22. The number of amides is 1. The van der Waals surface area contributed by atoms with Gasteiger partial charge in [0, 0.05) is 25.7 Å². The Kier molecular flexibility index (Phi) is 5.92. The number of piperidine rings is 1. The van der Waals surface area contributed by atoms with Crippen LogP contribution in [0.1, 0.15) is 38.4 Å². The van der Waals surface area contributed by atoms with Crippen molar-refractivity contribution < 1.29 is 9.18 Å². The Balaban J connectivity index is 1.37. The molecule has 1 amide bonds. The molecule has 2 aliphatic heterocycles. The average Bonchev–Trinajstić information content (AvgIpc) is 3.33. The smallest absolute Gasteiger partial charge is 0.237 e. The summed E-state index contributed by atoms with van der Waals surface area (Å²) in [6, 6.07) is 4.82. The molecule has 2 aromatic rings. The Bertz CT molecular complexity index is 830. The van der Waals surface area contributed by atoms with Crippen LogP contribution in [0.2, 0.25) is 0 Å². The molecule has 28 heavy (non-hydrogen) atoms. The zero-order chi connectivity index (χ0) is 19.5. The van der Waals surface area contributed by atoms with Gasteiger partial charge in [0.1, 0.15) is 11.6 Å². The Morgan fingerprint density at radius 2 is 2.25 bits per heavy atom. The number of rotatable bonds is 6. The van der Waals surface area contributed by atoms with Crippen LogP contribution < -0.4 is 10.6 Å². The molecule has 0 spiro atoms. The van der Waals surface area contributed by atoms with Gasteiger partial charge in [-0.3, -0.25) is 9.69 Å². The van der Waals surface area contributed by atoms with Crippen molar-refractivity contribution in [3.05, 3.63) is 29.8 Å². The third-order valence-electron chi connectivity index (χ3n) is 6.02. The molecular weight excluding hydrogens is 357 g/mol. The highest BCUT2D eigenvalue weighted by Gasteiger charge is 2.25. The van der Waals surface area contributed by atoms with Crippen molar-refractivity contribution in [3.8, 4) is 0 Å². The molecule has 2 N–H and O–H groups in total. The number of carbonyl (C=O) groups excluding carboxylic acids is 1. The molecule has 3 heterocycles. The molecule has 0 bridgehead atoms. The highest BCUT2D eigenvalue weighted by molar-refractivity contribution is 5.82. The molecule has 2 atom stereocenters. The molecule has 2 unspecified atom stereocenters. The summed E-state index contributed by atoms with van der Waals surface area (Å²) in [5.74, 6) is 1.36. The first-order valence-corrected chi connectivity index (χ1v) is 10.5. The number of imidazole rings is 1. The van der Waals surface area contributed by atoms with Crippen LogP contribution in [-0.2, 0) is 17.9 Å². The second-order valence-corrected chi connectivity index (χ2v) is 8.04. The molecule has 2 aliphatic rings. The molecule has 1 aromatic carbocycles. The minimum atomic E-state index is -0.245. The average molecular weight is 388 g/mol. The van der Waals surface area contributed by atoms with Crippen LogP contribution in [0.15, 0.2) is 18.2 Å². The fourth-order valence-corrected chi connectivity index (χ4v) is 4.56. The van der Waals surface area contributed by atoms with E-state index in [0.717, 1.165) is 81.8 Å². The molecular formula is C21H30FN5O. The second-order valence-electron chi connectivity index (χ2n) is 8.04. The summed E-state index contributed by atoms with van der Waals surface area (Å²) >= 11 is 0. The van der Waals surface area contributed by atoms with E-state index in [1.165, 1.54) is 12.1 Å². The van der Waals surface area contributed by atoms with Crippen LogP contribution in [0.3, 0.4) is 0 Å². The molecule has 0 saturated carbocycles. The summed E-state index contributed by atoms with van der Waals surface area (Å²) < 4.78 is 15.7. The fraction of sp³-hybridized carbons (Fsp3) is 0.619. The Hall–Kier alpha value is -1.99. The quantitative estimate of drug-likeness (QED) is 0.798. The number of fused-ring (bicyclic) bond motifs is 1. The molecule has 4 rings (SSSR count). The fourth-order valence-electron chi connectivity index (χ4n) is 4.56.